The van der Waals surface area contributed by atoms with Gasteiger partial charge in [0.15, 0.2) is 12.9 Å². The van der Waals surface area contributed by atoms with Crippen molar-refractivity contribution in [3.05, 3.63) is 29.8 Å². The Labute approximate surface area is 121 Å². The molecule has 1 aromatic rings. The van der Waals surface area contributed by atoms with E-state index in [1.807, 2.05) is 24.3 Å². The van der Waals surface area contributed by atoms with Crippen molar-refractivity contribution in [2.24, 2.45) is 0 Å². The van der Waals surface area contributed by atoms with Gasteiger partial charge >= 0.3 is 5.97 Å². The van der Waals surface area contributed by atoms with Gasteiger partial charge in [0.1, 0.15) is 5.75 Å². The minimum atomic E-state index is -0.557. The van der Waals surface area contributed by atoms with Crippen LogP contribution in [0.3, 0.4) is 0 Å². The summed E-state index contributed by atoms with van der Waals surface area (Å²) in [7, 11) is 1.48. The number of rotatable bonds is 7. The lowest BCUT2D eigenvalue weighted by Crippen LogP contribution is -2.21. The molecule has 1 aromatic carbocycles. The number of benzene rings is 1. The highest BCUT2D eigenvalue weighted by molar-refractivity contribution is 5.71. The molecule has 0 aliphatic heterocycles. The summed E-state index contributed by atoms with van der Waals surface area (Å²) in [5.41, 5.74) is 1.40. The predicted molar refractivity (Wildman–Crippen MR) is 77.8 cm³/mol. The molecule has 1 rings (SSSR count). The van der Waals surface area contributed by atoms with Gasteiger partial charge in [-0.3, -0.25) is 0 Å². The fraction of sp³-hybridized carbons (Fsp3) is 0.562. The van der Waals surface area contributed by atoms with Crippen LogP contribution in [0.2, 0.25) is 0 Å². The van der Waals surface area contributed by atoms with Crippen LogP contribution in [0.5, 0.6) is 5.75 Å². The average Bonchev–Trinajstić information content (AvgIpc) is 2.45. The zero-order chi connectivity index (χ0) is 15.2. The zero-order valence-electron chi connectivity index (χ0n) is 12.9. The Morgan fingerprint density at radius 2 is 1.85 bits per heavy atom. The van der Waals surface area contributed by atoms with Gasteiger partial charge in [0, 0.05) is 7.11 Å². The van der Waals surface area contributed by atoms with E-state index in [0.29, 0.717) is 5.75 Å². The lowest BCUT2D eigenvalue weighted by molar-refractivity contribution is -0.172. The maximum atomic E-state index is 11.4. The van der Waals surface area contributed by atoms with E-state index in [0.717, 1.165) is 6.42 Å². The number of methoxy groups -OCH3 is 1. The van der Waals surface area contributed by atoms with E-state index in [1.54, 1.807) is 6.92 Å². The Bertz CT molecular complexity index is 423. The molecule has 0 amide bonds. The molecule has 0 saturated carbocycles. The molecule has 0 N–H and O–H groups in total. The molecule has 4 heteroatoms. The maximum Gasteiger partial charge on any atom is 0.346 e. The largest absolute Gasteiger partial charge is 0.482 e. The smallest absolute Gasteiger partial charge is 0.346 e. The van der Waals surface area contributed by atoms with Crippen molar-refractivity contribution in [3.8, 4) is 5.75 Å². The first-order valence-electron chi connectivity index (χ1n) is 6.84. The third-order valence-electron chi connectivity index (χ3n) is 3.51. The molecular formula is C16H24O4. The van der Waals surface area contributed by atoms with Crippen molar-refractivity contribution >= 4 is 5.97 Å². The summed E-state index contributed by atoms with van der Waals surface area (Å²) >= 11 is 0. The molecule has 20 heavy (non-hydrogen) atoms. The Morgan fingerprint density at radius 1 is 1.25 bits per heavy atom. The fourth-order valence-corrected chi connectivity index (χ4v) is 1.62. The Morgan fingerprint density at radius 3 is 2.35 bits per heavy atom. The van der Waals surface area contributed by atoms with E-state index >= 15 is 0 Å². The quantitative estimate of drug-likeness (QED) is 0.568. The van der Waals surface area contributed by atoms with Crippen LogP contribution < -0.4 is 4.74 Å². The number of hydrogen-bond acceptors (Lipinski definition) is 4. The van der Waals surface area contributed by atoms with Crippen LogP contribution in [-0.2, 0) is 19.7 Å². The van der Waals surface area contributed by atoms with Gasteiger partial charge in [-0.15, -0.1) is 0 Å². The molecule has 0 aromatic heterocycles. The molecule has 0 fully saturated rings. The van der Waals surface area contributed by atoms with Crippen LogP contribution in [0.25, 0.3) is 0 Å². The lowest BCUT2D eigenvalue weighted by Gasteiger charge is -2.23. The summed E-state index contributed by atoms with van der Waals surface area (Å²) in [5, 5.41) is 0. The van der Waals surface area contributed by atoms with Crippen molar-refractivity contribution in [1.82, 2.24) is 0 Å². The van der Waals surface area contributed by atoms with Gasteiger partial charge in [0.25, 0.3) is 0 Å². The summed E-state index contributed by atoms with van der Waals surface area (Å²) < 4.78 is 15.2. The highest BCUT2D eigenvalue weighted by Gasteiger charge is 2.17. The van der Waals surface area contributed by atoms with Crippen LogP contribution in [0, 0.1) is 0 Å². The first kappa shape index (κ1) is 16.5. The molecule has 4 nitrogen and oxygen atoms in total. The van der Waals surface area contributed by atoms with Gasteiger partial charge in [-0.2, -0.15) is 0 Å². The Balaban J connectivity index is 2.52. The van der Waals surface area contributed by atoms with E-state index in [4.69, 9.17) is 14.2 Å². The molecule has 0 heterocycles. The second kappa shape index (κ2) is 7.29. The standard InChI is InChI=1S/C16H24O4/c1-6-16(3,4)13-7-9-14(10-8-13)19-11-15(17)20-12(2)18-5/h7-10,12H,6,11H2,1-5H3. The highest BCUT2D eigenvalue weighted by atomic mass is 16.7. The number of ether oxygens (including phenoxy) is 3. The summed E-state index contributed by atoms with van der Waals surface area (Å²) in [6.45, 7) is 8.10. The second-order valence-corrected chi connectivity index (χ2v) is 5.34. The highest BCUT2D eigenvalue weighted by Crippen LogP contribution is 2.27. The molecule has 0 aliphatic rings. The number of carbonyl (C=O) groups excluding carboxylic acids is 1. The van der Waals surface area contributed by atoms with Crippen LogP contribution in [0.15, 0.2) is 24.3 Å². The number of esters is 1. The molecule has 0 aliphatic carbocycles. The molecule has 0 bridgehead atoms. The second-order valence-electron chi connectivity index (χ2n) is 5.34. The van der Waals surface area contributed by atoms with Crippen LogP contribution in [-0.4, -0.2) is 26.0 Å². The minimum absolute atomic E-state index is 0.121. The van der Waals surface area contributed by atoms with E-state index < -0.39 is 12.3 Å². The van der Waals surface area contributed by atoms with Gasteiger partial charge < -0.3 is 14.2 Å². The summed E-state index contributed by atoms with van der Waals surface area (Å²) in [4.78, 5) is 11.4. The Kier molecular flexibility index (Phi) is 6.02. The maximum absolute atomic E-state index is 11.4. The molecule has 112 valence electrons. The summed E-state index contributed by atoms with van der Waals surface area (Å²) in [5.74, 6) is 0.208. The van der Waals surface area contributed by atoms with Crippen LogP contribution >= 0.6 is 0 Å². The van der Waals surface area contributed by atoms with Gasteiger partial charge in [-0.05, 0) is 36.5 Å². The molecule has 0 radical (unpaired) electrons. The van der Waals surface area contributed by atoms with Gasteiger partial charge in [0.05, 0.1) is 0 Å². The van der Waals surface area contributed by atoms with Gasteiger partial charge in [-0.1, -0.05) is 32.9 Å². The number of hydrogen-bond donors (Lipinski definition) is 0. The van der Waals surface area contributed by atoms with Gasteiger partial charge in [0.2, 0.25) is 0 Å². The molecule has 0 saturated heterocycles. The van der Waals surface area contributed by atoms with E-state index in [1.165, 1.54) is 12.7 Å². The molecule has 1 unspecified atom stereocenters. The van der Waals surface area contributed by atoms with Crippen LogP contribution in [0.1, 0.15) is 39.7 Å². The SMILES string of the molecule is CCC(C)(C)c1ccc(OCC(=O)OC(C)OC)cc1. The summed E-state index contributed by atoms with van der Waals surface area (Å²) in [6.07, 6.45) is 0.507. The first-order valence-corrected chi connectivity index (χ1v) is 6.84. The molecular weight excluding hydrogens is 256 g/mol. The predicted octanol–water partition coefficient (Wildman–Crippen LogP) is 3.29. The van der Waals surface area contributed by atoms with E-state index in [2.05, 4.69) is 20.8 Å². The topological polar surface area (TPSA) is 44.8 Å². The van der Waals surface area contributed by atoms with Crippen molar-refractivity contribution in [2.75, 3.05) is 13.7 Å². The normalized spacial score (nSPS) is 12.8. The van der Waals surface area contributed by atoms with Gasteiger partial charge in [-0.25, -0.2) is 4.79 Å². The fourth-order valence-electron chi connectivity index (χ4n) is 1.62. The minimum Gasteiger partial charge on any atom is -0.482 e. The van der Waals surface area contributed by atoms with Crippen molar-refractivity contribution in [3.63, 3.8) is 0 Å². The lowest BCUT2D eigenvalue weighted by atomic mass is 9.82. The van der Waals surface area contributed by atoms with E-state index in [-0.39, 0.29) is 12.0 Å². The summed E-state index contributed by atoms with van der Waals surface area (Å²) in [6, 6.07) is 7.81. The third kappa shape index (κ3) is 4.85. The van der Waals surface area contributed by atoms with Crippen molar-refractivity contribution in [2.45, 2.75) is 45.8 Å². The van der Waals surface area contributed by atoms with Crippen LogP contribution in [0.4, 0.5) is 0 Å². The monoisotopic (exact) mass is 280 g/mol. The first-order chi connectivity index (χ1) is 9.39. The molecule has 1 atom stereocenters. The third-order valence-corrected chi connectivity index (χ3v) is 3.51. The Hall–Kier alpha value is -1.55. The zero-order valence-corrected chi connectivity index (χ0v) is 12.9. The molecule has 0 spiro atoms. The van der Waals surface area contributed by atoms with Crippen molar-refractivity contribution in [1.29, 1.82) is 0 Å². The van der Waals surface area contributed by atoms with Crippen molar-refractivity contribution < 1.29 is 19.0 Å². The van der Waals surface area contributed by atoms with E-state index in [9.17, 15) is 4.79 Å². The average molecular weight is 280 g/mol. The number of carbonyl (C=O) groups is 1.